The normalized spacial score (nSPS) is 26.5. The highest BCUT2D eigenvalue weighted by molar-refractivity contribution is 6.19. The molecule has 1 aromatic heterocycles. The third-order valence-electron chi connectivity index (χ3n) is 4.81. The minimum Gasteiger partial charge on any atom is -0.476 e. The van der Waals surface area contributed by atoms with Gasteiger partial charge in [-0.3, -0.25) is 10.2 Å². The molecule has 0 radical (unpaired) electrons. The van der Waals surface area contributed by atoms with Gasteiger partial charge in [0.05, 0.1) is 25.3 Å². The van der Waals surface area contributed by atoms with Crippen LogP contribution < -0.4 is 21.1 Å². The van der Waals surface area contributed by atoms with Crippen LogP contribution in [-0.4, -0.2) is 53.7 Å². The van der Waals surface area contributed by atoms with Gasteiger partial charge in [-0.05, 0) is 12.1 Å². The van der Waals surface area contributed by atoms with E-state index in [4.69, 9.17) is 15.9 Å². The summed E-state index contributed by atoms with van der Waals surface area (Å²) in [6, 6.07) is 0.741. The highest BCUT2D eigenvalue weighted by Crippen LogP contribution is 2.40. The second-order valence-corrected chi connectivity index (χ2v) is 6.75. The average molecular weight is 403 g/mol. The van der Waals surface area contributed by atoms with Crippen molar-refractivity contribution in [1.29, 1.82) is 5.41 Å². The number of carbonyl (C=O) groups is 1. The zero-order valence-electron chi connectivity index (χ0n) is 15.3. The Labute approximate surface area is 164 Å². The van der Waals surface area contributed by atoms with Crippen LogP contribution >= 0.6 is 0 Å². The zero-order valence-corrected chi connectivity index (χ0v) is 15.3. The van der Waals surface area contributed by atoms with Gasteiger partial charge in [-0.1, -0.05) is 0 Å². The maximum atomic E-state index is 14.4. The number of nitrogens with two attached hydrogens (primary N) is 1. The van der Waals surface area contributed by atoms with Crippen molar-refractivity contribution in [2.24, 2.45) is 10.7 Å². The second kappa shape index (κ2) is 7.49. The molecular weight excluding hydrogens is 384 g/mol. The second-order valence-electron chi connectivity index (χ2n) is 6.75. The fraction of sp³-hybridized carbons (Fsp3) is 0.333. The molecule has 0 saturated carbocycles. The fourth-order valence-electron chi connectivity index (χ4n) is 3.58. The number of fused-ring (bicyclic) bond motifs is 6. The lowest BCUT2D eigenvalue weighted by molar-refractivity contribution is -0.117. The summed E-state index contributed by atoms with van der Waals surface area (Å²) >= 11 is 0. The lowest BCUT2D eigenvalue weighted by Gasteiger charge is -2.31. The summed E-state index contributed by atoms with van der Waals surface area (Å²) < 4.78 is 34.0. The Bertz CT molecular complexity index is 960. The van der Waals surface area contributed by atoms with Gasteiger partial charge in [-0.15, -0.1) is 0 Å². The predicted octanol–water partition coefficient (Wildman–Crippen LogP) is 0.477. The standard InChI is InChI=1S/C18H19F2N7O2/c19-9-5-11-12-6-10(20)8-27(12)13-1-2-23-16(26-13)14(15(21)22)17(28)24-3-4-29-18(11)25-7-9/h1-2,5,7,10,12,26H,3-4,6,8H2,(H3,21,22)(H,24,28)/b16-14-/t10-,12+/m0/s1. The first-order valence-electron chi connectivity index (χ1n) is 9.01. The van der Waals surface area contributed by atoms with Crippen molar-refractivity contribution in [3.05, 3.63) is 46.9 Å². The van der Waals surface area contributed by atoms with Gasteiger partial charge in [0, 0.05) is 18.2 Å². The number of hydrogen-bond donors (Lipinski definition) is 4. The van der Waals surface area contributed by atoms with E-state index in [1.54, 1.807) is 11.0 Å². The molecule has 4 rings (SSSR count). The Morgan fingerprint density at radius 3 is 3.07 bits per heavy atom. The Kier molecular flexibility index (Phi) is 4.87. The molecule has 0 aliphatic carbocycles. The van der Waals surface area contributed by atoms with E-state index in [0.29, 0.717) is 11.4 Å². The minimum atomic E-state index is -1.16. The number of nitrogens with one attached hydrogen (secondary N) is 3. The molecular formula is C18H19F2N7O2. The monoisotopic (exact) mass is 403 g/mol. The fourth-order valence-corrected chi connectivity index (χ4v) is 3.58. The number of alkyl halides is 1. The number of ether oxygens (including phenoxy) is 1. The van der Waals surface area contributed by atoms with Crippen LogP contribution in [0.25, 0.3) is 0 Å². The predicted molar refractivity (Wildman–Crippen MR) is 100 cm³/mol. The van der Waals surface area contributed by atoms with Gasteiger partial charge in [0.25, 0.3) is 5.91 Å². The number of hydrogen-bond acceptors (Lipinski definition) is 7. The summed E-state index contributed by atoms with van der Waals surface area (Å²) in [6.07, 6.45) is 3.03. The van der Waals surface area contributed by atoms with Crippen molar-refractivity contribution < 1.29 is 18.3 Å². The number of amidine groups is 1. The molecule has 1 saturated heterocycles. The first-order valence-corrected chi connectivity index (χ1v) is 9.01. The summed E-state index contributed by atoms with van der Waals surface area (Å²) in [7, 11) is 0. The van der Waals surface area contributed by atoms with Crippen LogP contribution in [-0.2, 0) is 4.79 Å². The topological polar surface area (TPSA) is 129 Å². The number of rotatable bonds is 1. The van der Waals surface area contributed by atoms with Crippen molar-refractivity contribution in [3.63, 3.8) is 0 Å². The van der Waals surface area contributed by atoms with Gasteiger partial charge in [0.15, 0.2) is 0 Å². The van der Waals surface area contributed by atoms with Crippen molar-refractivity contribution >= 4 is 18.0 Å². The number of amides is 1. The molecule has 152 valence electrons. The number of pyridine rings is 1. The third kappa shape index (κ3) is 3.62. The number of aromatic nitrogens is 1. The van der Waals surface area contributed by atoms with Crippen LogP contribution in [0.3, 0.4) is 0 Å². The van der Waals surface area contributed by atoms with Crippen LogP contribution in [0, 0.1) is 11.2 Å². The lowest BCUT2D eigenvalue weighted by atomic mass is 10.1. The van der Waals surface area contributed by atoms with Crippen LogP contribution in [0.1, 0.15) is 18.0 Å². The van der Waals surface area contributed by atoms with E-state index >= 15 is 0 Å². The molecule has 9 nitrogen and oxygen atoms in total. The summed E-state index contributed by atoms with van der Waals surface area (Å²) in [5, 5.41) is 13.3. The Hall–Kier alpha value is -3.50. The van der Waals surface area contributed by atoms with Gasteiger partial charge in [-0.25, -0.2) is 18.8 Å². The molecule has 1 amide bonds. The van der Waals surface area contributed by atoms with Crippen LogP contribution in [0.5, 0.6) is 5.88 Å². The van der Waals surface area contributed by atoms with E-state index in [1.165, 1.54) is 12.3 Å². The molecule has 0 unspecified atom stereocenters. The molecule has 1 fully saturated rings. The Morgan fingerprint density at radius 2 is 2.28 bits per heavy atom. The van der Waals surface area contributed by atoms with E-state index < -0.39 is 29.8 Å². The van der Waals surface area contributed by atoms with Crippen molar-refractivity contribution in [1.82, 2.24) is 20.5 Å². The average Bonchev–Trinajstić information content (AvgIpc) is 3.07. The van der Waals surface area contributed by atoms with Crippen LogP contribution in [0.4, 0.5) is 8.78 Å². The smallest absolute Gasteiger partial charge is 0.258 e. The molecule has 3 aliphatic heterocycles. The van der Waals surface area contributed by atoms with Crippen molar-refractivity contribution in [2.45, 2.75) is 18.6 Å². The largest absolute Gasteiger partial charge is 0.476 e. The first-order chi connectivity index (χ1) is 13.9. The summed E-state index contributed by atoms with van der Waals surface area (Å²) in [5.41, 5.74) is 5.87. The summed E-state index contributed by atoms with van der Waals surface area (Å²) in [4.78, 5) is 22.3. The number of carbonyl (C=O) groups excluding carboxylic acids is 1. The number of nitrogens with zero attached hydrogens (tertiary/aromatic N) is 3. The van der Waals surface area contributed by atoms with E-state index in [2.05, 4.69) is 20.6 Å². The van der Waals surface area contributed by atoms with E-state index in [-0.39, 0.29) is 43.4 Å². The Balaban J connectivity index is 1.81. The Morgan fingerprint density at radius 1 is 1.45 bits per heavy atom. The highest BCUT2D eigenvalue weighted by Gasteiger charge is 2.38. The molecule has 2 atom stereocenters. The van der Waals surface area contributed by atoms with E-state index in [9.17, 15) is 13.6 Å². The SMILES string of the molecule is N=C(N)/C1=C2\N=CC=C(N2)N2C[C@@H](F)C[C@@H]2c2cc(F)cnc2OCCNC1=O. The minimum absolute atomic E-state index is 0.0438. The quantitative estimate of drug-likeness (QED) is 0.399. The molecule has 4 heterocycles. The van der Waals surface area contributed by atoms with Gasteiger partial charge < -0.3 is 26.0 Å². The number of halogens is 2. The van der Waals surface area contributed by atoms with Crippen molar-refractivity contribution in [2.75, 3.05) is 19.7 Å². The van der Waals surface area contributed by atoms with E-state index in [0.717, 1.165) is 6.20 Å². The summed E-state index contributed by atoms with van der Waals surface area (Å²) in [6.45, 7) is 0.180. The molecule has 1 aromatic rings. The molecule has 29 heavy (non-hydrogen) atoms. The molecule has 3 aliphatic rings. The van der Waals surface area contributed by atoms with Gasteiger partial charge >= 0.3 is 0 Å². The molecule has 5 N–H and O–H groups in total. The van der Waals surface area contributed by atoms with Crippen molar-refractivity contribution in [3.8, 4) is 5.88 Å². The molecule has 0 aromatic carbocycles. The van der Waals surface area contributed by atoms with Gasteiger partial charge in [0.2, 0.25) is 5.88 Å². The molecule has 0 spiro atoms. The maximum Gasteiger partial charge on any atom is 0.258 e. The number of aliphatic imine (C=N–C) groups is 1. The highest BCUT2D eigenvalue weighted by atomic mass is 19.1. The first kappa shape index (κ1) is 18.8. The number of allylic oxidation sites excluding steroid dienone is 1. The van der Waals surface area contributed by atoms with E-state index in [1.807, 2.05) is 0 Å². The van der Waals surface area contributed by atoms with Crippen LogP contribution in [0.15, 0.2) is 40.5 Å². The lowest BCUT2D eigenvalue weighted by Crippen LogP contribution is -2.38. The van der Waals surface area contributed by atoms with Crippen LogP contribution in [0.2, 0.25) is 0 Å². The van der Waals surface area contributed by atoms with Gasteiger partial charge in [0.1, 0.15) is 41.6 Å². The van der Waals surface area contributed by atoms with Gasteiger partial charge in [-0.2, -0.15) is 0 Å². The maximum absolute atomic E-state index is 14.4. The summed E-state index contributed by atoms with van der Waals surface area (Å²) in [5.74, 6) is -0.928. The molecule has 2 bridgehead atoms. The third-order valence-corrected chi connectivity index (χ3v) is 4.81. The zero-order chi connectivity index (χ0) is 20.5. The molecule has 11 heteroatoms.